The summed E-state index contributed by atoms with van der Waals surface area (Å²) >= 11 is 0. The van der Waals surface area contributed by atoms with Gasteiger partial charge in [-0.15, -0.1) is 0 Å². The number of allylic oxidation sites excluding steroid dienone is 4. The Labute approximate surface area is 191 Å². The number of aliphatic hydroxyl groups excluding tert-OH is 1. The van der Waals surface area contributed by atoms with Crippen molar-refractivity contribution in [3.8, 4) is 18.2 Å². The Bertz CT molecular complexity index is 1020. The molecule has 4 aliphatic rings. The summed E-state index contributed by atoms with van der Waals surface area (Å²) in [6, 6.07) is 5.87. The van der Waals surface area contributed by atoms with Gasteiger partial charge >= 0.3 is 0 Å². The van der Waals surface area contributed by atoms with E-state index in [9.17, 15) is 20.9 Å². The molecule has 0 amide bonds. The van der Waals surface area contributed by atoms with Crippen LogP contribution in [0.3, 0.4) is 0 Å². The Hall–Kier alpha value is -2.55. The quantitative estimate of drug-likeness (QED) is 0.362. The molecule has 0 radical (unpaired) electrons. The third-order valence-electron chi connectivity index (χ3n) is 9.87. The molecule has 3 fully saturated rings. The van der Waals surface area contributed by atoms with Crippen LogP contribution in [-0.2, 0) is 0 Å². The van der Waals surface area contributed by atoms with Crippen LogP contribution < -0.4 is 5.73 Å². The van der Waals surface area contributed by atoms with Gasteiger partial charge in [-0.25, -0.2) is 0 Å². The minimum atomic E-state index is -0.182. The number of nitriles is 3. The number of fused-ring (bicyclic) bond motifs is 5. The largest absolute Gasteiger partial charge is 0.396 e. The van der Waals surface area contributed by atoms with E-state index >= 15 is 0 Å². The molecule has 0 unspecified atom stereocenters. The zero-order chi connectivity index (χ0) is 23.3. The normalized spacial score (nSPS) is 40.8. The fraction of sp³-hybridized carbons (Fsp3) is 0.667. The second-order valence-corrected chi connectivity index (χ2v) is 11.0. The maximum absolute atomic E-state index is 10.2. The Morgan fingerprint density at radius 3 is 2.41 bits per heavy atom. The minimum absolute atomic E-state index is 0.0225. The summed E-state index contributed by atoms with van der Waals surface area (Å²) in [6.45, 7) is 6.81. The van der Waals surface area contributed by atoms with E-state index < -0.39 is 0 Å². The number of rotatable bonds is 2. The molecule has 0 bridgehead atoms. The first-order chi connectivity index (χ1) is 15.2. The highest BCUT2D eigenvalue weighted by molar-refractivity contribution is 5.54. The Morgan fingerprint density at radius 2 is 1.75 bits per heavy atom. The van der Waals surface area contributed by atoms with Gasteiger partial charge in [-0.05, 0) is 98.4 Å². The monoisotopic (exact) mass is 430 g/mol. The summed E-state index contributed by atoms with van der Waals surface area (Å²) in [4.78, 5) is 0. The van der Waals surface area contributed by atoms with Crippen LogP contribution in [-0.4, -0.2) is 11.2 Å². The predicted octanol–water partition coefficient (Wildman–Crippen LogP) is 5.03. The van der Waals surface area contributed by atoms with E-state index in [1.165, 1.54) is 12.0 Å². The zero-order valence-corrected chi connectivity index (χ0v) is 19.5. The highest BCUT2D eigenvalue weighted by atomic mass is 16.3. The summed E-state index contributed by atoms with van der Waals surface area (Å²) < 4.78 is 0. The van der Waals surface area contributed by atoms with Crippen LogP contribution in [0.1, 0.15) is 72.1 Å². The molecular weight excluding hydrogens is 396 g/mol. The van der Waals surface area contributed by atoms with Gasteiger partial charge in [0.25, 0.3) is 0 Å². The Morgan fingerprint density at radius 1 is 1.03 bits per heavy atom. The minimum Gasteiger partial charge on any atom is -0.396 e. The van der Waals surface area contributed by atoms with Gasteiger partial charge in [0.05, 0.1) is 17.4 Å². The molecule has 5 nitrogen and oxygen atoms in total. The van der Waals surface area contributed by atoms with Crippen LogP contribution in [0, 0.1) is 68.5 Å². The molecule has 0 heterocycles. The maximum atomic E-state index is 10.2. The fourth-order valence-corrected chi connectivity index (χ4v) is 8.16. The smallest absolute Gasteiger partial charge is 0.153 e. The fourth-order valence-electron chi connectivity index (χ4n) is 8.16. The van der Waals surface area contributed by atoms with E-state index in [-0.39, 0.29) is 34.1 Å². The molecule has 0 aromatic rings. The number of hydrogen-bond donors (Lipinski definition) is 2. The highest BCUT2D eigenvalue weighted by Crippen LogP contribution is 2.67. The summed E-state index contributed by atoms with van der Waals surface area (Å²) in [5, 5.41) is 38.5. The van der Waals surface area contributed by atoms with Crippen molar-refractivity contribution in [1.82, 2.24) is 0 Å². The summed E-state index contributed by atoms with van der Waals surface area (Å²) in [5.74, 6) is 2.15. The van der Waals surface area contributed by atoms with Gasteiger partial charge in [-0.2, -0.15) is 15.8 Å². The van der Waals surface area contributed by atoms with E-state index in [1.807, 2.05) is 19.1 Å². The summed E-state index contributed by atoms with van der Waals surface area (Å²) in [6.07, 6.45) is 10.7. The van der Waals surface area contributed by atoms with Crippen molar-refractivity contribution in [3.05, 3.63) is 34.1 Å². The number of hydrogen-bond acceptors (Lipinski definition) is 5. The molecule has 4 aliphatic carbocycles. The zero-order valence-electron chi connectivity index (χ0n) is 19.5. The van der Waals surface area contributed by atoms with Crippen molar-refractivity contribution in [2.45, 2.75) is 78.2 Å². The first kappa shape index (κ1) is 22.6. The standard InChI is InChI=1S/C27H34N4O/c1-16(21(15-30)25(31)17(13-28)14-29)22-6-7-23-20-5-4-18-12-19(32)8-10-26(18,2)24(20)9-11-27(22,23)3/h4,19-20,22-24,32H,5-12,31H2,1-3H3/b21-16+/t19-,20-,22+,23-,24-,26-,27+/m0/s1. The third-order valence-corrected chi connectivity index (χ3v) is 9.87. The van der Waals surface area contributed by atoms with Crippen LogP contribution in [0.15, 0.2) is 34.1 Å². The average Bonchev–Trinajstić information content (AvgIpc) is 3.12. The summed E-state index contributed by atoms with van der Waals surface area (Å²) in [5.41, 5.74) is 9.00. The second-order valence-electron chi connectivity index (χ2n) is 11.0. The van der Waals surface area contributed by atoms with Crippen LogP contribution in [0.5, 0.6) is 0 Å². The van der Waals surface area contributed by atoms with Crippen molar-refractivity contribution in [2.24, 2.45) is 40.2 Å². The van der Waals surface area contributed by atoms with Gasteiger partial charge < -0.3 is 10.8 Å². The van der Waals surface area contributed by atoms with Crippen molar-refractivity contribution in [2.75, 3.05) is 0 Å². The van der Waals surface area contributed by atoms with Crippen molar-refractivity contribution in [1.29, 1.82) is 15.8 Å². The second kappa shape index (κ2) is 8.10. The molecule has 0 aromatic heterocycles. The molecule has 7 atom stereocenters. The lowest BCUT2D eigenvalue weighted by molar-refractivity contribution is -0.0454. The van der Waals surface area contributed by atoms with Crippen molar-refractivity contribution >= 4 is 0 Å². The Kier molecular flexibility index (Phi) is 5.73. The first-order valence-corrected chi connectivity index (χ1v) is 12.0. The van der Waals surface area contributed by atoms with Gasteiger partial charge in [0, 0.05) is 0 Å². The molecule has 0 spiro atoms. The molecule has 0 aliphatic heterocycles. The van der Waals surface area contributed by atoms with Crippen LogP contribution in [0.4, 0.5) is 0 Å². The van der Waals surface area contributed by atoms with Gasteiger partial charge in [-0.1, -0.05) is 25.5 Å². The Balaban J connectivity index is 1.68. The topological polar surface area (TPSA) is 118 Å². The van der Waals surface area contributed by atoms with Crippen molar-refractivity contribution < 1.29 is 5.11 Å². The lowest BCUT2D eigenvalue weighted by Crippen LogP contribution is -2.50. The van der Waals surface area contributed by atoms with E-state index in [2.05, 4.69) is 26.0 Å². The average molecular weight is 431 g/mol. The third kappa shape index (κ3) is 3.20. The predicted molar refractivity (Wildman–Crippen MR) is 122 cm³/mol. The summed E-state index contributed by atoms with van der Waals surface area (Å²) in [7, 11) is 0. The molecular formula is C27H34N4O. The van der Waals surface area contributed by atoms with Gasteiger partial charge in [0.15, 0.2) is 5.57 Å². The molecule has 4 rings (SSSR count). The molecule has 168 valence electrons. The van der Waals surface area contributed by atoms with E-state index in [0.717, 1.165) is 50.5 Å². The number of nitrogens with zero attached hydrogens (tertiary/aromatic N) is 3. The van der Waals surface area contributed by atoms with Gasteiger partial charge in [0.1, 0.15) is 18.2 Å². The molecule has 0 saturated heterocycles. The van der Waals surface area contributed by atoms with Crippen LogP contribution in [0.25, 0.3) is 0 Å². The first-order valence-electron chi connectivity index (χ1n) is 12.0. The maximum Gasteiger partial charge on any atom is 0.153 e. The van der Waals surface area contributed by atoms with Crippen molar-refractivity contribution in [3.63, 3.8) is 0 Å². The van der Waals surface area contributed by atoms with E-state index in [0.29, 0.717) is 23.3 Å². The molecule has 5 heteroatoms. The molecule has 32 heavy (non-hydrogen) atoms. The highest BCUT2D eigenvalue weighted by Gasteiger charge is 2.58. The number of nitrogens with two attached hydrogens (primary N) is 1. The lowest BCUT2D eigenvalue weighted by Gasteiger charge is -2.58. The van der Waals surface area contributed by atoms with Gasteiger partial charge in [-0.3, -0.25) is 0 Å². The molecule has 0 aromatic carbocycles. The van der Waals surface area contributed by atoms with E-state index in [4.69, 9.17) is 5.73 Å². The number of aliphatic hydroxyl groups is 1. The SMILES string of the molecule is C/C(=C(/C#N)C(N)=C(C#N)C#N)[C@H]1CC[C@H]2[C@@H]3CC=C4C[C@@H](O)CC[C@]4(C)[C@H]3CC[C@]12C. The molecule has 3 saturated carbocycles. The van der Waals surface area contributed by atoms with Crippen LogP contribution in [0.2, 0.25) is 0 Å². The van der Waals surface area contributed by atoms with Crippen LogP contribution >= 0.6 is 0 Å². The van der Waals surface area contributed by atoms with Gasteiger partial charge in [0.2, 0.25) is 0 Å². The van der Waals surface area contributed by atoms with E-state index in [1.54, 1.807) is 0 Å². The lowest BCUT2D eigenvalue weighted by atomic mass is 9.47. The molecule has 3 N–H and O–H groups in total.